The highest BCUT2D eigenvalue weighted by atomic mass is 16.5. The normalized spacial score (nSPS) is 32.3. The maximum absolute atomic E-state index is 12.8. The Morgan fingerprint density at radius 3 is 2.50 bits per heavy atom. The highest BCUT2D eigenvalue weighted by Crippen LogP contribution is 2.42. The molecule has 6 nitrogen and oxygen atoms in total. The molecule has 1 heterocycles. The number of benzene rings is 1. The van der Waals surface area contributed by atoms with E-state index in [0.717, 1.165) is 37.0 Å². The van der Waals surface area contributed by atoms with E-state index in [2.05, 4.69) is 5.32 Å². The highest BCUT2D eigenvalue weighted by Gasteiger charge is 2.42. The SMILES string of the molecule is COc1ccc(CN2CCC(NC(=O)C3CC4CCCC(C3)C4N)C2=O)cc1. The largest absolute Gasteiger partial charge is 0.497 e. The lowest BCUT2D eigenvalue weighted by molar-refractivity contribution is -0.135. The first kappa shape index (κ1) is 19.2. The van der Waals surface area contributed by atoms with Gasteiger partial charge in [-0.3, -0.25) is 9.59 Å². The molecule has 3 atom stereocenters. The predicted molar refractivity (Wildman–Crippen MR) is 106 cm³/mol. The van der Waals surface area contributed by atoms with Gasteiger partial charge in [0, 0.05) is 25.0 Å². The molecule has 4 rings (SSSR count). The van der Waals surface area contributed by atoms with Gasteiger partial charge in [-0.1, -0.05) is 18.6 Å². The summed E-state index contributed by atoms with van der Waals surface area (Å²) < 4.78 is 5.18. The van der Waals surface area contributed by atoms with Crippen LogP contribution in [0.2, 0.25) is 0 Å². The van der Waals surface area contributed by atoms with Crippen LogP contribution in [0.5, 0.6) is 5.75 Å². The van der Waals surface area contributed by atoms with Crippen LogP contribution in [0.25, 0.3) is 0 Å². The number of amides is 2. The third kappa shape index (κ3) is 3.88. The first-order chi connectivity index (χ1) is 13.5. The summed E-state index contributed by atoms with van der Waals surface area (Å²) in [6, 6.07) is 7.62. The Morgan fingerprint density at radius 1 is 1.18 bits per heavy atom. The van der Waals surface area contributed by atoms with Crippen LogP contribution in [0.4, 0.5) is 0 Å². The summed E-state index contributed by atoms with van der Waals surface area (Å²) in [6.45, 7) is 1.24. The minimum absolute atomic E-state index is 0.0125. The van der Waals surface area contributed by atoms with Crippen molar-refractivity contribution in [2.45, 2.75) is 57.2 Å². The van der Waals surface area contributed by atoms with Crippen LogP contribution in [-0.4, -0.2) is 42.5 Å². The third-order valence-corrected chi connectivity index (χ3v) is 6.93. The van der Waals surface area contributed by atoms with Crippen LogP contribution in [0.15, 0.2) is 24.3 Å². The Bertz CT molecular complexity index is 706. The maximum Gasteiger partial charge on any atom is 0.245 e. The molecule has 0 spiro atoms. The van der Waals surface area contributed by atoms with Gasteiger partial charge in [-0.2, -0.15) is 0 Å². The molecular weight excluding hydrogens is 354 g/mol. The number of hydrogen-bond donors (Lipinski definition) is 2. The van der Waals surface area contributed by atoms with Crippen LogP contribution >= 0.6 is 0 Å². The first-order valence-corrected chi connectivity index (χ1v) is 10.5. The van der Waals surface area contributed by atoms with Crippen LogP contribution < -0.4 is 15.8 Å². The van der Waals surface area contributed by atoms with Crippen LogP contribution in [0.1, 0.15) is 44.1 Å². The monoisotopic (exact) mass is 385 g/mol. The van der Waals surface area contributed by atoms with Gasteiger partial charge in [-0.25, -0.2) is 0 Å². The number of nitrogens with one attached hydrogen (secondary N) is 1. The number of hydrogen-bond acceptors (Lipinski definition) is 4. The van der Waals surface area contributed by atoms with E-state index in [1.807, 2.05) is 29.2 Å². The summed E-state index contributed by atoms with van der Waals surface area (Å²) in [7, 11) is 1.64. The summed E-state index contributed by atoms with van der Waals surface area (Å²) >= 11 is 0. The summed E-state index contributed by atoms with van der Waals surface area (Å²) in [5.74, 6) is 1.82. The molecule has 1 saturated heterocycles. The molecule has 28 heavy (non-hydrogen) atoms. The van der Waals surface area contributed by atoms with E-state index in [1.165, 1.54) is 6.42 Å². The number of fused-ring (bicyclic) bond motifs is 2. The molecule has 3 aliphatic rings. The molecule has 3 unspecified atom stereocenters. The predicted octanol–water partition coefficient (Wildman–Crippen LogP) is 2.07. The van der Waals surface area contributed by atoms with Gasteiger partial charge in [0.1, 0.15) is 11.8 Å². The van der Waals surface area contributed by atoms with E-state index in [9.17, 15) is 9.59 Å². The topological polar surface area (TPSA) is 84.7 Å². The van der Waals surface area contributed by atoms with Crippen molar-refractivity contribution in [3.8, 4) is 5.75 Å². The Hall–Kier alpha value is -2.08. The standard InChI is InChI=1S/C22H31N3O3/c1-28-18-7-5-14(6-8-18)13-25-10-9-19(22(25)27)24-21(26)17-11-15-3-2-4-16(12-17)20(15)23/h5-8,15-17,19-20H,2-4,9-13,23H2,1H3,(H,24,26). The number of nitrogens with two attached hydrogens (primary N) is 1. The number of ether oxygens (including phenoxy) is 1. The van der Waals surface area contributed by atoms with Crippen LogP contribution in [0.3, 0.4) is 0 Å². The van der Waals surface area contributed by atoms with Crippen molar-refractivity contribution in [1.29, 1.82) is 0 Å². The van der Waals surface area contributed by atoms with Crippen molar-refractivity contribution >= 4 is 11.8 Å². The van der Waals surface area contributed by atoms with Gasteiger partial charge in [0.05, 0.1) is 7.11 Å². The number of methoxy groups -OCH3 is 1. The highest BCUT2D eigenvalue weighted by molar-refractivity contribution is 5.90. The summed E-state index contributed by atoms with van der Waals surface area (Å²) in [6.07, 6.45) is 5.94. The second-order valence-electron chi connectivity index (χ2n) is 8.65. The molecule has 6 heteroatoms. The van der Waals surface area contributed by atoms with Gasteiger partial charge < -0.3 is 20.7 Å². The number of carbonyl (C=O) groups excluding carboxylic acids is 2. The zero-order chi connectivity index (χ0) is 19.7. The van der Waals surface area contributed by atoms with Gasteiger partial charge in [0.15, 0.2) is 0 Å². The molecule has 1 aromatic rings. The Morgan fingerprint density at radius 2 is 1.86 bits per heavy atom. The fraction of sp³-hybridized carbons (Fsp3) is 0.636. The molecule has 0 aromatic heterocycles. The van der Waals surface area contributed by atoms with Crippen molar-refractivity contribution in [3.63, 3.8) is 0 Å². The van der Waals surface area contributed by atoms with E-state index in [1.54, 1.807) is 7.11 Å². The summed E-state index contributed by atoms with van der Waals surface area (Å²) in [5, 5.41) is 3.05. The zero-order valence-corrected chi connectivity index (χ0v) is 16.6. The lowest BCUT2D eigenvalue weighted by Gasteiger charge is -2.43. The minimum atomic E-state index is -0.388. The van der Waals surface area contributed by atoms with Crippen molar-refractivity contribution in [2.24, 2.45) is 23.5 Å². The van der Waals surface area contributed by atoms with Crippen molar-refractivity contribution in [3.05, 3.63) is 29.8 Å². The molecule has 152 valence electrons. The van der Waals surface area contributed by atoms with E-state index < -0.39 is 0 Å². The van der Waals surface area contributed by atoms with Crippen molar-refractivity contribution in [2.75, 3.05) is 13.7 Å². The third-order valence-electron chi connectivity index (χ3n) is 6.93. The molecule has 1 aromatic carbocycles. The Labute approximate surface area is 166 Å². The molecule has 1 aliphatic heterocycles. The average molecular weight is 386 g/mol. The number of carbonyl (C=O) groups is 2. The van der Waals surface area contributed by atoms with E-state index in [4.69, 9.17) is 10.5 Å². The molecule has 2 saturated carbocycles. The van der Waals surface area contributed by atoms with E-state index in [0.29, 0.717) is 31.3 Å². The van der Waals surface area contributed by atoms with Crippen molar-refractivity contribution < 1.29 is 14.3 Å². The quantitative estimate of drug-likeness (QED) is 0.813. The fourth-order valence-corrected chi connectivity index (χ4v) is 5.27. The second kappa shape index (κ2) is 8.11. The van der Waals surface area contributed by atoms with Crippen molar-refractivity contribution in [1.82, 2.24) is 10.2 Å². The lowest BCUT2D eigenvalue weighted by Crippen LogP contribution is -2.51. The molecule has 3 fully saturated rings. The Kier molecular flexibility index (Phi) is 5.58. The average Bonchev–Trinajstić information content (AvgIpc) is 3.02. The van der Waals surface area contributed by atoms with Gasteiger partial charge in [-0.15, -0.1) is 0 Å². The smallest absolute Gasteiger partial charge is 0.245 e. The van der Waals surface area contributed by atoms with E-state index >= 15 is 0 Å². The van der Waals surface area contributed by atoms with Crippen LogP contribution in [-0.2, 0) is 16.1 Å². The minimum Gasteiger partial charge on any atom is -0.497 e. The second-order valence-corrected chi connectivity index (χ2v) is 8.65. The fourth-order valence-electron chi connectivity index (χ4n) is 5.27. The molecular formula is C22H31N3O3. The molecule has 2 aliphatic carbocycles. The molecule has 2 bridgehead atoms. The van der Waals surface area contributed by atoms with Gasteiger partial charge in [0.2, 0.25) is 11.8 Å². The number of likely N-dealkylation sites (tertiary alicyclic amines) is 1. The van der Waals surface area contributed by atoms with Gasteiger partial charge in [-0.05, 0) is 61.6 Å². The van der Waals surface area contributed by atoms with Gasteiger partial charge in [0.25, 0.3) is 0 Å². The maximum atomic E-state index is 12.8. The van der Waals surface area contributed by atoms with E-state index in [-0.39, 0.29) is 29.8 Å². The number of nitrogens with zero attached hydrogens (tertiary/aromatic N) is 1. The Balaban J connectivity index is 1.31. The molecule has 3 N–H and O–H groups in total. The van der Waals surface area contributed by atoms with Crippen LogP contribution in [0, 0.1) is 17.8 Å². The first-order valence-electron chi connectivity index (χ1n) is 10.5. The van der Waals surface area contributed by atoms with Gasteiger partial charge >= 0.3 is 0 Å². The summed E-state index contributed by atoms with van der Waals surface area (Å²) in [4.78, 5) is 27.4. The zero-order valence-electron chi connectivity index (χ0n) is 16.6. The summed E-state index contributed by atoms with van der Waals surface area (Å²) in [5.41, 5.74) is 7.41. The lowest BCUT2D eigenvalue weighted by atomic mass is 9.65. The molecule has 0 radical (unpaired) electrons. The molecule has 2 amide bonds. The number of rotatable bonds is 5.